The fourth-order valence-electron chi connectivity index (χ4n) is 7.25. The van der Waals surface area contributed by atoms with Crippen LogP contribution in [0.15, 0.2) is 58.0 Å². The Balaban J connectivity index is 0.952. The molecule has 0 N–H and O–H groups in total. The summed E-state index contributed by atoms with van der Waals surface area (Å²) < 4.78 is 16.4. The molecule has 2 fully saturated rings. The van der Waals surface area contributed by atoms with Crippen LogP contribution in [0, 0.1) is 0 Å². The Hall–Kier alpha value is -4.30. The first-order valence-electron chi connectivity index (χ1n) is 15.5. The Morgan fingerprint density at radius 1 is 0.723 bits per heavy atom. The zero-order chi connectivity index (χ0) is 32.4. The normalized spacial score (nSPS) is 19.2. The highest BCUT2D eigenvalue weighted by atomic mass is 79.9. The van der Waals surface area contributed by atoms with Crippen molar-refractivity contribution in [3.05, 3.63) is 91.9 Å². The molecular formula is C33H28Br2N6O6. The number of aromatic nitrogens is 4. The lowest BCUT2D eigenvalue weighted by Gasteiger charge is -2.23. The molecule has 2 atom stereocenters. The zero-order valence-electron chi connectivity index (χ0n) is 25.0. The van der Waals surface area contributed by atoms with E-state index in [0.29, 0.717) is 47.0 Å². The third-order valence-electron chi connectivity index (χ3n) is 9.31. The minimum atomic E-state index is -0.597. The van der Waals surface area contributed by atoms with Gasteiger partial charge in [0.1, 0.15) is 12.7 Å². The molecule has 4 aromatic rings. The number of hydrogen-bond acceptors (Lipinski definition) is 8. The second-order valence-electron chi connectivity index (χ2n) is 12.0. The van der Waals surface area contributed by atoms with Gasteiger partial charge in [-0.3, -0.25) is 18.7 Å². The summed E-state index contributed by atoms with van der Waals surface area (Å²) in [6.45, 7) is 1.20. The van der Waals surface area contributed by atoms with Gasteiger partial charge < -0.3 is 19.3 Å². The number of halogens is 2. The van der Waals surface area contributed by atoms with Crippen LogP contribution in [0.4, 0.5) is 0 Å². The van der Waals surface area contributed by atoms with Crippen LogP contribution >= 0.6 is 31.9 Å². The van der Waals surface area contributed by atoms with Crippen LogP contribution in [0.3, 0.4) is 0 Å². The van der Waals surface area contributed by atoms with Crippen molar-refractivity contribution in [2.24, 2.45) is 0 Å². The maximum Gasteiger partial charge on any atom is 0.358 e. The van der Waals surface area contributed by atoms with Crippen molar-refractivity contribution in [1.82, 2.24) is 28.9 Å². The summed E-state index contributed by atoms with van der Waals surface area (Å²) in [5.74, 6) is -1.35. The van der Waals surface area contributed by atoms with Gasteiger partial charge in [0.2, 0.25) is 0 Å². The van der Waals surface area contributed by atoms with Crippen molar-refractivity contribution >= 4 is 55.6 Å². The molecule has 1 unspecified atom stereocenters. The van der Waals surface area contributed by atoms with E-state index in [9.17, 15) is 19.2 Å². The van der Waals surface area contributed by atoms with Gasteiger partial charge in [0.05, 0.1) is 59.2 Å². The molecule has 240 valence electrons. The first kappa shape index (κ1) is 30.1. The molecule has 47 heavy (non-hydrogen) atoms. The van der Waals surface area contributed by atoms with Crippen LogP contribution in [-0.4, -0.2) is 79.0 Å². The Kier molecular flexibility index (Phi) is 7.51. The number of ether oxygens (including phenoxy) is 2. The standard InChI is InChI=1S/C33H28Br2N6O6/c34-18-6-8-22-20(14-18)30(42)38-10-1-4-24(38)28-26(36-16-40(22)28)32(44)46-12-3-13-47-33(45)27-29-25-5-2-11-39(25)31(43)21-15-19(35)7-9-23(21)41(29)17-37-27/h6-9,14-17,24-25H,1-5,10-13H2/t24-,25?/m0/s1. The van der Waals surface area contributed by atoms with Gasteiger partial charge in [-0.2, -0.15) is 0 Å². The Morgan fingerprint density at radius 3 is 1.62 bits per heavy atom. The van der Waals surface area contributed by atoms with E-state index in [1.807, 2.05) is 33.4 Å². The van der Waals surface area contributed by atoms with Crippen molar-refractivity contribution in [2.75, 3.05) is 26.3 Å². The molecule has 0 spiro atoms. The van der Waals surface area contributed by atoms with Crippen molar-refractivity contribution in [2.45, 2.75) is 44.2 Å². The molecule has 6 heterocycles. The molecule has 2 aromatic carbocycles. The first-order valence-corrected chi connectivity index (χ1v) is 17.1. The molecule has 0 radical (unpaired) electrons. The Morgan fingerprint density at radius 2 is 1.17 bits per heavy atom. The highest BCUT2D eigenvalue weighted by molar-refractivity contribution is 9.10. The molecule has 14 heteroatoms. The number of carbonyl (C=O) groups excluding carboxylic acids is 4. The number of benzene rings is 2. The lowest BCUT2D eigenvalue weighted by atomic mass is 10.1. The minimum absolute atomic E-state index is 0.00368. The number of nitrogens with zero attached hydrogens (tertiary/aromatic N) is 6. The molecule has 0 aliphatic carbocycles. The smallest absolute Gasteiger partial charge is 0.358 e. The summed E-state index contributed by atoms with van der Waals surface area (Å²) in [4.78, 5) is 65.9. The molecule has 8 rings (SSSR count). The maximum atomic E-state index is 13.4. The molecule has 12 nitrogen and oxygen atoms in total. The zero-order valence-corrected chi connectivity index (χ0v) is 28.2. The van der Waals surface area contributed by atoms with Gasteiger partial charge in [-0.1, -0.05) is 31.9 Å². The second kappa shape index (κ2) is 11.7. The van der Waals surface area contributed by atoms with E-state index in [4.69, 9.17) is 9.47 Å². The minimum Gasteiger partial charge on any atom is -0.461 e. The van der Waals surface area contributed by atoms with Crippen LogP contribution in [0.2, 0.25) is 0 Å². The van der Waals surface area contributed by atoms with Gasteiger partial charge in [0.15, 0.2) is 11.4 Å². The van der Waals surface area contributed by atoms with Crippen molar-refractivity contribution in [3.63, 3.8) is 0 Å². The average molecular weight is 764 g/mol. The second-order valence-corrected chi connectivity index (χ2v) is 13.8. The third-order valence-corrected chi connectivity index (χ3v) is 10.3. The van der Waals surface area contributed by atoms with Gasteiger partial charge in [-0.05, 0) is 62.1 Å². The molecule has 0 bridgehead atoms. The highest BCUT2D eigenvalue weighted by Gasteiger charge is 2.42. The predicted molar refractivity (Wildman–Crippen MR) is 174 cm³/mol. The fourth-order valence-corrected chi connectivity index (χ4v) is 7.98. The predicted octanol–water partition coefficient (Wildman–Crippen LogP) is 5.57. The Labute approximate surface area is 285 Å². The molecule has 2 aromatic heterocycles. The van der Waals surface area contributed by atoms with Crippen LogP contribution in [0.5, 0.6) is 0 Å². The number of hydrogen-bond donors (Lipinski definition) is 0. The SMILES string of the molecule is O=C(OCCCOC(=O)c1ncn2c1[C@@H]1CCCN1C(=O)c1cc(Br)ccc1-2)c1ncn2c1C1CCCN1C(=O)c1cc(Br)ccc1-2. The summed E-state index contributed by atoms with van der Waals surface area (Å²) in [7, 11) is 0. The molecule has 2 amide bonds. The van der Waals surface area contributed by atoms with Gasteiger partial charge >= 0.3 is 11.9 Å². The first-order chi connectivity index (χ1) is 22.8. The van der Waals surface area contributed by atoms with Gasteiger partial charge in [-0.15, -0.1) is 0 Å². The van der Waals surface area contributed by atoms with E-state index in [0.717, 1.165) is 34.6 Å². The third kappa shape index (κ3) is 4.91. The van der Waals surface area contributed by atoms with Gasteiger partial charge in [0.25, 0.3) is 11.8 Å². The van der Waals surface area contributed by atoms with Crippen molar-refractivity contribution in [3.8, 4) is 11.4 Å². The lowest BCUT2D eigenvalue weighted by Crippen LogP contribution is -2.30. The number of rotatable bonds is 6. The molecular weight excluding hydrogens is 736 g/mol. The quantitative estimate of drug-likeness (QED) is 0.184. The largest absolute Gasteiger partial charge is 0.461 e. The average Bonchev–Trinajstić information content (AvgIpc) is 3.87. The van der Waals surface area contributed by atoms with E-state index >= 15 is 0 Å². The monoisotopic (exact) mass is 762 g/mol. The fraction of sp³-hybridized carbons (Fsp3) is 0.333. The molecule has 4 aliphatic rings. The molecule has 0 saturated carbocycles. The van der Waals surface area contributed by atoms with E-state index in [1.54, 1.807) is 34.6 Å². The Bertz CT molecular complexity index is 1850. The topological polar surface area (TPSA) is 129 Å². The number of carbonyl (C=O) groups is 4. The van der Waals surface area contributed by atoms with Gasteiger partial charge in [-0.25, -0.2) is 19.6 Å². The van der Waals surface area contributed by atoms with Crippen LogP contribution in [0.25, 0.3) is 11.4 Å². The summed E-state index contributed by atoms with van der Waals surface area (Å²) in [6, 6.07) is 10.4. The number of fused-ring (bicyclic) bond motifs is 10. The van der Waals surface area contributed by atoms with Crippen molar-refractivity contribution < 1.29 is 28.7 Å². The van der Waals surface area contributed by atoms with Gasteiger partial charge in [0, 0.05) is 28.5 Å². The summed E-state index contributed by atoms with van der Waals surface area (Å²) in [5, 5.41) is 0. The van der Waals surface area contributed by atoms with Crippen molar-refractivity contribution in [1.29, 1.82) is 0 Å². The van der Waals surface area contributed by atoms with E-state index in [-0.39, 0.29) is 54.9 Å². The van der Waals surface area contributed by atoms with E-state index < -0.39 is 11.9 Å². The summed E-state index contributed by atoms with van der Waals surface area (Å²) >= 11 is 6.93. The summed E-state index contributed by atoms with van der Waals surface area (Å²) in [6.07, 6.45) is 6.49. The van der Waals surface area contributed by atoms with E-state index in [2.05, 4.69) is 41.8 Å². The lowest BCUT2D eigenvalue weighted by molar-refractivity contribution is 0.0382. The summed E-state index contributed by atoms with van der Waals surface area (Å²) in [5.41, 5.74) is 4.05. The number of imidazole rings is 2. The maximum absolute atomic E-state index is 13.4. The molecule has 2 saturated heterocycles. The van der Waals surface area contributed by atoms with Crippen LogP contribution in [-0.2, 0) is 9.47 Å². The van der Waals surface area contributed by atoms with Crippen LogP contribution < -0.4 is 0 Å². The van der Waals surface area contributed by atoms with E-state index in [1.165, 1.54) is 0 Å². The molecule has 4 aliphatic heterocycles. The number of amides is 2. The highest BCUT2D eigenvalue weighted by Crippen LogP contribution is 2.42. The van der Waals surface area contributed by atoms with Crippen LogP contribution in [0.1, 0.15) is 97.3 Å². The number of esters is 2.